The number of carbonyl (C=O) groups is 2. The van der Waals surface area contributed by atoms with Crippen LogP contribution in [0.5, 0.6) is 0 Å². The SMILES string of the molecule is CN1CCC(F)(F)CC1.O=Cc1cnc2c(ccn2-c2ccc(C(=O)NC(CO)CO)cc2)c1. The Kier molecular flexibility index (Phi) is 8.43. The third kappa shape index (κ3) is 6.43. The molecule has 2 aromatic heterocycles. The molecule has 1 saturated heterocycles. The highest BCUT2D eigenvalue weighted by atomic mass is 19.3. The van der Waals surface area contributed by atoms with Crippen LogP contribution in [0.15, 0.2) is 48.8 Å². The van der Waals surface area contributed by atoms with E-state index in [4.69, 9.17) is 10.2 Å². The van der Waals surface area contributed by atoms with Crippen molar-refractivity contribution < 1.29 is 28.6 Å². The van der Waals surface area contributed by atoms with E-state index < -0.39 is 12.0 Å². The largest absolute Gasteiger partial charge is 0.394 e. The Morgan fingerprint density at radius 3 is 2.38 bits per heavy atom. The van der Waals surface area contributed by atoms with Crippen molar-refractivity contribution in [2.45, 2.75) is 24.8 Å². The van der Waals surface area contributed by atoms with Crippen molar-refractivity contribution in [3.05, 3.63) is 59.9 Å². The lowest BCUT2D eigenvalue weighted by atomic mass is 10.1. The number of halogens is 2. The number of piperidine rings is 1. The van der Waals surface area contributed by atoms with Gasteiger partial charge in [0.25, 0.3) is 11.8 Å². The number of nitrogens with one attached hydrogen (secondary N) is 1. The zero-order chi connectivity index (χ0) is 24.7. The minimum Gasteiger partial charge on any atom is -0.394 e. The molecule has 0 unspecified atom stereocenters. The van der Waals surface area contributed by atoms with Gasteiger partial charge in [-0.15, -0.1) is 0 Å². The molecule has 8 nitrogen and oxygen atoms in total. The summed E-state index contributed by atoms with van der Waals surface area (Å²) in [6, 6.07) is 9.80. The van der Waals surface area contributed by atoms with Gasteiger partial charge in [-0.25, -0.2) is 13.8 Å². The topological polar surface area (TPSA) is 108 Å². The van der Waals surface area contributed by atoms with Crippen LogP contribution in [-0.4, -0.2) is 82.2 Å². The number of carbonyl (C=O) groups excluding carboxylic acids is 2. The number of fused-ring (bicyclic) bond motifs is 1. The number of aliphatic hydroxyl groups is 2. The van der Waals surface area contributed by atoms with E-state index >= 15 is 0 Å². The second-order valence-electron chi connectivity index (χ2n) is 8.23. The van der Waals surface area contributed by atoms with Crippen molar-refractivity contribution in [2.24, 2.45) is 0 Å². The van der Waals surface area contributed by atoms with Crippen LogP contribution in [0.3, 0.4) is 0 Å². The van der Waals surface area contributed by atoms with Crippen LogP contribution in [0, 0.1) is 0 Å². The van der Waals surface area contributed by atoms with Gasteiger partial charge in [0, 0.05) is 60.5 Å². The average molecular weight is 475 g/mol. The van der Waals surface area contributed by atoms with Gasteiger partial charge in [-0.1, -0.05) is 0 Å². The molecule has 0 radical (unpaired) electrons. The summed E-state index contributed by atoms with van der Waals surface area (Å²) in [7, 11) is 1.87. The summed E-state index contributed by atoms with van der Waals surface area (Å²) in [6.07, 6.45) is 4.17. The quantitative estimate of drug-likeness (QED) is 0.473. The fraction of sp³-hybridized carbons (Fsp3) is 0.375. The Balaban J connectivity index is 0.000000302. The molecule has 4 rings (SSSR count). The molecule has 1 aromatic carbocycles. The van der Waals surface area contributed by atoms with Gasteiger partial charge < -0.3 is 25.0 Å². The first-order chi connectivity index (χ1) is 16.3. The van der Waals surface area contributed by atoms with Crippen LogP contribution >= 0.6 is 0 Å². The number of amides is 1. The first-order valence-corrected chi connectivity index (χ1v) is 10.9. The molecule has 3 aromatic rings. The highest BCUT2D eigenvalue weighted by Crippen LogP contribution is 2.26. The third-order valence-corrected chi connectivity index (χ3v) is 5.59. The van der Waals surface area contributed by atoms with Gasteiger partial charge in [0.2, 0.25) is 0 Å². The molecular weight excluding hydrogens is 446 g/mol. The fourth-order valence-electron chi connectivity index (χ4n) is 3.45. The Labute approximate surface area is 195 Å². The molecule has 1 aliphatic rings. The Morgan fingerprint density at radius 2 is 1.82 bits per heavy atom. The number of aliphatic hydroxyl groups excluding tert-OH is 2. The number of nitrogens with zero attached hydrogens (tertiary/aromatic N) is 3. The standard InChI is InChI=1S/C18H17N3O4.C6H11F2N/c22-9-12-7-14-5-6-21(17(14)19-8-12)16-3-1-13(2-4-16)18(25)20-15(10-23)11-24;1-9-4-2-6(7,8)3-5-9/h1-9,15,23-24H,10-11H2,(H,20,25);2-5H2,1H3. The number of aldehydes is 1. The van der Waals surface area contributed by atoms with Crippen molar-refractivity contribution in [3.63, 3.8) is 0 Å². The number of hydrogen-bond acceptors (Lipinski definition) is 6. The second-order valence-corrected chi connectivity index (χ2v) is 8.23. The zero-order valence-corrected chi connectivity index (χ0v) is 18.8. The van der Waals surface area contributed by atoms with E-state index in [1.165, 1.54) is 6.20 Å². The summed E-state index contributed by atoms with van der Waals surface area (Å²) >= 11 is 0. The van der Waals surface area contributed by atoms with Crippen LogP contribution in [0.2, 0.25) is 0 Å². The first kappa shape index (κ1) is 25.4. The summed E-state index contributed by atoms with van der Waals surface area (Å²) in [5, 5.41) is 21.4. The van der Waals surface area contributed by atoms with Gasteiger partial charge in [0.15, 0.2) is 6.29 Å². The van der Waals surface area contributed by atoms with Crippen molar-refractivity contribution in [1.82, 2.24) is 19.8 Å². The van der Waals surface area contributed by atoms with E-state index in [2.05, 4.69) is 10.3 Å². The summed E-state index contributed by atoms with van der Waals surface area (Å²) < 4.78 is 26.6. The van der Waals surface area contributed by atoms with Crippen LogP contribution in [0.4, 0.5) is 8.78 Å². The smallest absolute Gasteiger partial charge is 0.251 e. The van der Waals surface area contributed by atoms with Gasteiger partial charge in [-0.3, -0.25) is 9.59 Å². The molecule has 1 amide bonds. The molecule has 182 valence electrons. The molecule has 0 bridgehead atoms. The predicted octanol–water partition coefficient (Wildman–Crippen LogP) is 2.27. The van der Waals surface area contributed by atoms with Crippen LogP contribution < -0.4 is 5.32 Å². The minimum absolute atomic E-state index is 0.0312. The Bertz CT molecular complexity index is 1100. The number of alkyl halides is 2. The molecule has 3 heterocycles. The summed E-state index contributed by atoms with van der Waals surface area (Å²) in [5.41, 5.74) is 2.46. The Hall–Kier alpha value is -3.21. The van der Waals surface area contributed by atoms with E-state index in [0.29, 0.717) is 29.9 Å². The summed E-state index contributed by atoms with van der Waals surface area (Å²) in [4.78, 5) is 29.1. The maximum atomic E-state index is 12.4. The molecule has 1 fully saturated rings. The van der Waals surface area contributed by atoms with Gasteiger partial charge in [0.05, 0.1) is 19.3 Å². The zero-order valence-electron chi connectivity index (χ0n) is 18.8. The highest BCUT2D eigenvalue weighted by Gasteiger charge is 2.32. The number of benzene rings is 1. The lowest BCUT2D eigenvalue weighted by Gasteiger charge is -2.28. The van der Waals surface area contributed by atoms with E-state index in [9.17, 15) is 18.4 Å². The Morgan fingerprint density at radius 1 is 1.18 bits per heavy atom. The number of hydrogen-bond donors (Lipinski definition) is 3. The summed E-state index contributed by atoms with van der Waals surface area (Å²) in [5.74, 6) is -2.75. The molecule has 0 aliphatic carbocycles. The van der Waals surface area contributed by atoms with Crippen molar-refractivity contribution in [2.75, 3.05) is 33.4 Å². The minimum atomic E-state index is -2.38. The number of pyridine rings is 1. The molecular formula is C24H28F2N4O4. The maximum absolute atomic E-state index is 12.4. The summed E-state index contributed by atoms with van der Waals surface area (Å²) in [6.45, 7) is 0.411. The van der Waals surface area contributed by atoms with E-state index in [0.717, 1.165) is 17.4 Å². The van der Waals surface area contributed by atoms with Crippen LogP contribution in [-0.2, 0) is 0 Å². The molecule has 34 heavy (non-hydrogen) atoms. The number of likely N-dealkylation sites (tertiary alicyclic amines) is 1. The maximum Gasteiger partial charge on any atom is 0.251 e. The van der Waals surface area contributed by atoms with E-state index in [1.807, 2.05) is 28.8 Å². The van der Waals surface area contributed by atoms with Gasteiger partial charge in [-0.2, -0.15) is 0 Å². The monoisotopic (exact) mass is 474 g/mol. The lowest BCUT2D eigenvalue weighted by molar-refractivity contribution is -0.0504. The average Bonchev–Trinajstić information content (AvgIpc) is 3.28. The normalized spacial score (nSPS) is 15.6. The second kappa shape index (κ2) is 11.3. The van der Waals surface area contributed by atoms with Crippen molar-refractivity contribution in [1.29, 1.82) is 0 Å². The molecule has 3 N–H and O–H groups in total. The molecule has 0 saturated carbocycles. The predicted molar refractivity (Wildman–Crippen MR) is 124 cm³/mol. The van der Waals surface area contributed by atoms with Gasteiger partial charge in [-0.05, 0) is 43.4 Å². The fourth-order valence-corrected chi connectivity index (χ4v) is 3.45. The van der Waals surface area contributed by atoms with Gasteiger partial charge >= 0.3 is 0 Å². The van der Waals surface area contributed by atoms with Crippen LogP contribution in [0.1, 0.15) is 33.6 Å². The van der Waals surface area contributed by atoms with E-state index in [1.54, 1.807) is 30.3 Å². The van der Waals surface area contributed by atoms with Crippen LogP contribution in [0.25, 0.3) is 16.7 Å². The molecule has 0 spiro atoms. The molecule has 10 heteroatoms. The van der Waals surface area contributed by atoms with Crippen molar-refractivity contribution >= 4 is 23.2 Å². The third-order valence-electron chi connectivity index (χ3n) is 5.59. The number of rotatable bonds is 6. The van der Waals surface area contributed by atoms with Crippen molar-refractivity contribution in [3.8, 4) is 5.69 Å². The lowest BCUT2D eigenvalue weighted by Crippen LogP contribution is -2.40. The molecule has 1 aliphatic heterocycles. The molecule has 0 atom stereocenters. The first-order valence-electron chi connectivity index (χ1n) is 10.9. The highest BCUT2D eigenvalue weighted by molar-refractivity contribution is 5.94. The van der Waals surface area contributed by atoms with E-state index in [-0.39, 0.29) is 32.0 Å². The van der Waals surface area contributed by atoms with Gasteiger partial charge in [0.1, 0.15) is 5.65 Å². The number of aromatic nitrogens is 2.